The molecule has 34 heavy (non-hydrogen) atoms. The molecule has 1 fully saturated rings. The maximum absolute atomic E-state index is 12.5. The average Bonchev–Trinajstić information content (AvgIpc) is 3.33. The van der Waals surface area contributed by atoms with Crippen molar-refractivity contribution in [1.29, 1.82) is 0 Å². The molecule has 11 nitrogen and oxygen atoms in total. The Hall–Kier alpha value is -4.09. The van der Waals surface area contributed by atoms with E-state index < -0.39 is 29.8 Å². The molecule has 0 spiro atoms. The molecule has 1 heterocycles. The predicted octanol–water partition coefficient (Wildman–Crippen LogP) is 2.05. The second kappa shape index (κ2) is 9.81. The van der Waals surface area contributed by atoms with Gasteiger partial charge >= 0.3 is 6.16 Å². The molecule has 3 amide bonds. The van der Waals surface area contributed by atoms with Crippen LogP contribution in [0.5, 0.6) is 0 Å². The van der Waals surface area contributed by atoms with Gasteiger partial charge in [0.2, 0.25) is 0 Å². The second-order valence-corrected chi connectivity index (χ2v) is 7.64. The quantitative estimate of drug-likeness (QED) is 0.148. The van der Waals surface area contributed by atoms with Crippen LogP contribution in [0, 0.1) is 0 Å². The number of nitrogens with one attached hydrogen (secondary N) is 1. The van der Waals surface area contributed by atoms with Gasteiger partial charge < -0.3 is 10.1 Å². The van der Waals surface area contributed by atoms with Crippen LogP contribution in [0.15, 0.2) is 36.4 Å². The molecule has 1 aliphatic carbocycles. The lowest BCUT2D eigenvalue weighted by molar-refractivity contribution is -0.240. The van der Waals surface area contributed by atoms with Crippen molar-refractivity contribution in [3.05, 3.63) is 58.7 Å². The van der Waals surface area contributed by atoms with E-state index in [1.54, 1.807) is 36.4 Å². The summed E-state index contributed by atoms with van der Waals surface area (Å²) in [6.07, 6.45) is -0.608. The van der Waals surface area contributed by atoms with Crippen LogP contribution in [-0.4, -0.2) is 60.2 Å². The molecule has 1 atom stereocenters. The molecule has 1 aliphatic heterocycles. The third kappa shape index (κ3) is 4.51. The van der Waals surface area contributed by atoms with Crippen LogP contribution in [0.25, 0.3) is 11.1 Å². The molecule has 11 heteroatoms. The Labute approximate surface area is 193 Å². The minimum absolute atomic E-state index is 0.0424. The highest BCUT2D eigenvalue weighted by atomic mass is 17.1. The molecule has 1 saturated heterocycles. The van der Waals surface area contributed by atoms with Crippen LogP contribution in [0.3, 0.4) is 0 Å². The number of carbonyl (C=O) groups is 5. The van der Waals surface area contributed by atoms with Gasteiger partial charge in [-0.15, -0.1) is 0 Å². The van der Waals surface area contributed by atoms with Crippen molar-refractivity contribution in [2.45, 2.75) is 18.8 Å². The standard InChI is InChI=1S/C23H20N2O9/c26-11-13-1-3-15-16-4-2-14(22(29)24-7-8-33-31)10-18(16)19(17(15)9-13)12-32-23(30)34-25-20(27)5-6-21(25)28/h1-4,9-11,19,31H,5-8,12H2,(H,24,29). The van der Waals surface area contributed by atoms with Gasteiger partial charge in [0, 0.05) is 36.4 Å². The number of fused-ring (bicyclic) bond motifs is 3. The number of benzene rings is 2. The topological polar surface area (TPSA) is 149 Å². The Bertz CT molecular complexity index is 1160. The fourth-order valence-corrected chi connectivity index (χ4v) is 4.00. The van der Waals surface area contributed by atoms with Crippen LogP contribution in [0.1, 0.15) is 50.6 Å². The molecular weight excluding hydrogens is 448 g/mol. The number of amides is 3. The van der Waals surface area contributed by atoms with Gasteiger partial charge in [0.05, 0.1) is 6.61 Å². The summed E-state index contributed by atoms with van der Waals surface area (Å²) >= 11 is 0. The number of hydrogen-bond acceptors (Lipinski definition) is 9. The summed E-state index contributed by atoms with van der Waals surface area (Å²) in [7, 11) is 0. The van der Waals surface area contributed by atoms with Gasteiger partial charge in [0.15, 0.2) is 0 Å². The lowest BCUT2D eigenvalue weighted by Crippen LogP contribution is -2.32. The molecular formula is C23H20N2O9. The summed E-state index contributed by atoms with van der Waals surface area (Å²) in [4.78, 5) is 68.0. The smallest absolute Gasteiger partial charge is 0.432 e. The van der Waals surface area contributed by atoms with Crippen molar-refractivity contribution in [2.24, 2.45) is 0 Å². The highest BCUT2D eigenvalue weighted by Gasteiger charge is 2.35. The van der Waals surface area contributed by atoms with E-state index in [-0.39, 0.29) is 32.6 Å². The third-order valence-corrected chi connectivity index (χ3v) is 5.58. The third-order valence-electron chi connectivity index (χ3n) is 5.58. The summed E-state index contributed by atoms with van der Waals surface area (Å²) in [6, 6.07) is 10.1. The first kappa shape index (κ1) is 23.1. The SMILES string of the molecule is O=Cc1ccc2c(c1)C(COC(=O)ON1C(=O)CCC1=O)c1cc(C(=O)NCCOO)ccc1-2. The Morgan fingerprint density at radius 2 is 1.74 bits per heavy atom. The van der Waals surface area contributed by atoms with Gasteiger partial charge in [-0.1, -0.05) is 23.3 Å². The summed E-state index contributed by atoms with van der Waals surface area (Å²) < 4.78 is 5.21. The van der Waals surface area contributed by atoms with Crippen molar-refractivity contribution < 1.29 is 43.7 Å². The van der Waals surface area contributed by atoms with E-state index in [1.807, 2.05) is 0 Å². The molecule has 4 rings (SSSR count). The zero-order chi connectivity index (χ0) is 24.2. The van der Waals surface area contributed by atoms with Crippen LogP contribution >= 0.6 is 0 Å². The van der Waals surface area contributed by atoms with E-state index in [0.29, 0.717) is 33.6 Å². The number of hydroxylamine groups is 2. The Morgan fingerprint density at radius 3 is 2.41 bits per heavy atom. The molecule has 1 unspecified atom stereocenters. The Morgan fingerprint density at radius 1 is 1.06 bits per heavy atom. The maximum atomic E-state index is 12.5. The predicted molar refractivity (Wildman–Crippen MR) is 114 cm³/mol. The zero-order valence-electron chi connectivity index (χ0n) is 17.8. The molecule has 2 aromatic carbocycles. The molecule has 2 N–H and O–H groups in total. The molecule has 176 valence electrons. The first-order valence-electron chi connectivity index (χ1n) is 10.4. The lowest BCUT2D eigenvalue weighted by atomic mass is 9.95. The first-order valence-corrected chi connectivity index (χ1v) is 10.4. The van der Waals surface area contributed by atoms with Crippen LogP contribution in [0.2, 0.25) is 0 Å². The fraction of sp³-hybridized carbons (Fsp3) is 0.261. The highest BCUT2D eigenvalue weighted by Crippen LogP contribution is 2.45. The minimum atomic E-state index is -1.22. The average molecular weight is 468 g/mol. The van der Waals surface area contributed by atoms with Gasteiger partial charge in [0.1, 0.15) is 12.9 Å². The minimum Gasteiger partial charge on any atom is -0.432 e. The number of rotatable bonds is 8. The van der Waals surface area contributed by atoms with E-state index in [1.165, 1.54) is 0 Å². The highest BCUT2D eigenvalue weighted by molar-refractivity contribution is 6.01. The largest absolute Gasteiger partial charge is 0.533 e. The Balaban J connectivity index is 1.57. The Kier molecular flexibility index (Phi) is 6.66. The van der Waals surface area contributed by atoms with Crippen molar-refractivity contribution >= 4 is 30.2 Å². The number of hydrogen-bond donors (Lipinski definition) is 2. The first-order chi connectivity index (χ1) is 16.4. The van der Waals surface area contributed by atoms with Crippen molar-refractivity contribution in [3.8, 4) is 11.1 Å². The van der Waals surface area contributed by atoms with Crippen molar-refractivity contribution in [3.63, 3.8) is 0 Å². The van der Waals surface area contributed by atoms with Crippen molar-refractivity contribution in [2.75, 3.05) is 19.8 Å². The van der Waals surface area contributed by atoms with Crippen LogP contribution in [-0.2, 0) is 24.1 Å². The second-order valence-electron chi connectivity index (χ2n) is 7.64. The van der Waals surface area contributed by atoms with Gasteiger partial charge in [-0.05, 0) is 40.5 Å². The number of imide groups is 1. The fourth-order valence-electron chi connectivity index (χ4n) is 4.00. The number of ether oxygens (including phenoxy) is 1. The molecule has 0 bridgehead atoms. The summed E-state index contributed by atoms with van der Waals surface area (Å²) in [5.74, 6) is -2.18. The molecule has 2 aliphatic rings. The van der Waals surface area contributed by atoms with E-state index >= 15 is 0 Å². The number of carbonyl (C=O) groups excluding carboxylic acids is 5. The van der Waals surface area contributed by atoms with Gasteiger partial charge in [-0.3, -0.25) is 29.3 Å². The van der Waals surface area contributed by atoms with E-state index in [4.69, 9.17) is 14.8 Å². The summed E-state index contributed by atoms with van der Waals surface area (Å²) in [5, 5.41) is 11.4. The summed E-state index contributed by atoms with van der Waals surface area (Å²) in [5.41, 5.74) is 3.77. The van der Waals surface area contributed by atoms with Gasteiger partial charge in [0.25, 0.3) is 17.7 Å². The molecule has 0 aromatic heterocycles. The van der Waals surface area contributed by atoms with Crippen molar-refractivity contribution in [1.82, 2.24) is 10.4 Å². The molecule has 0 radical (unpaired) electrons. The maximum Gasteiger partial charge on any atom is 0.533 e. The van der Waals surface area contributed by atoms with Crippen LogP contribution < -0.4 is 5.32 Å². The summed E-state index contributed by atoms with van der Waals surface area (Å²) in [6.45, 7) is -0.195. The number of aldehydes is 1. The van der Waals surface area contributed by atoms with Gasteiger partial charge in [-0.25, -0.2) is 9.68 Å². The van der Waals surface area contributed by atoms with Crippen LogP contribution in [0.4, 0.5) is 4.79 Å². The van der Waals surface area contributed by atoms with E-state index in [9.17, 15) is 24.0 Å². The van der Waals surface area contributed by atoms with E-state index in [2.05, 4.69) is 10.2 Å². The van der Waals surface area contributed by atoms with E-state index in [0.717, 1.165) is 11.1 Å². The zero-order valence-corrected chi connectivity index (χ0v) is 17.8. The lowest BCUT2D eigenvalue weighted by Gasteiger charge is -2.17. The normalized spacial score (nSPS) is 16.1. The number of nitrogens with zero attached hydrogens (tertiary/aromatic N) is 1. The molecule has 2 aromatic rings. The van der Waals surface area contributed by atoms with Gasteiger partial charge in [-0.2, -0.15) is 0 Å². The molecule has 0 saturated carbocycles. The monoisotopic (exact) mass is 468 g/mol.